The van der Waals surface area contributed by atoms with Gasteiger partial charge in [0, 0.05) is 23.0 Å². The molecule has 5 heterocycles. The van der Waals surface area contributed by atoms with Crippen LogP contribution in [-0.4, -0.2) is 225 Å². The molecule has 418 valence electrons. The number of aromatic hydroxyl groups is 1. The van der Waals surface area contributed by atoms with Crippen molar-refractivity contribution in [3.05, 3.63) is 76.8 Å². The largest absolute Gasteiger partial charge is 0.508 e. The van der Waals surface area contributed by atoms with E-state index in [0.717, 1.165) is 26.7 Å². The molecular formula is C48H64O27. The van der Waals surface area contributed by atoms with Gasteiger partial charge in [0.25, 0.3) is 0 Å². The summed E-state index contributed by atoms with van der Waals surface area (Å²) in [5.41, 5.74) is 0.466. The number of benzene rings is 1. The van der Waals surface area contributed by atoms with Crippen molar-refractivity contribution in [1.82, 2.24) is 0 Å². The van der Waals surface area contributed by atoms with Crippen LogP contribution in [0.4, 0.5) is 0 Å². The summed E-state index contributed by atoms with van der Waals surface area (Å²) >= 11 is 0. The first-order valence-corrected chi connectivity index (χ1v) is 23.7. The Hall–Kier alpha value is -5.18. The predicted molar refractivity (Wildman–Crippen MR) is 243 cm³/mol. The molecule has 0 spiro atoms. The summed E-state index contributed by atoms with van der Waals surface area (Å²) in [5.74, 6) is -6.43. The second kappa shape index (κ2) is 26.7. The van der Waals surface area contributed by atoms with Crippen molar-refractivity contribution in [3.63, 3.8) is 0 Å². The maximum absolute atomic E-state index is 14.0. The van der Waals surface area contributed by atoms with Gasteiger partial charge >= 0.3 is 23.9 Å². The molecule has 3 saturated heterocycles. The van der Waals surface area contributed by atoms with E-state index in [1.807, 2.05) is 0 Å². The molecule has 6 rings (SSSR count). The van der Waals surface area contributed by atoms with E-state index >= 15 is 0 Å². The van der Waals surface area contributed by atoms with Crippen molar-refractivity contribution in [2.24, 2.45) is 11.8 Å². The van der Waals surface area contributed by atoms with E-state index in [2.05, 4.69) is 0 Å². The first kappa shape index (κ1) is 59.1. The zero-order chi connectivity index (χ0) is 54.8. The van der Waals surface area contributed by atoms with E-state index < -0.39 is 173 Å². The second-order valence-electron chi connectivity index (χ2n) is 17.8. The average Bonchev–Trinajstić information content (AvgIpc) is 3.40. The van der Waals surface area contributed by atoms with Gasteiger partial charge in [0.05, 0.1) is 70.6 Å². The van der Waals surface area contributed by atoms with Gasteiger partial charge in [-0.2, -0.15) is 0 Å². The number of carbonyl (C=O) groups is 4. The molecule has 19 atom stereocenters. The third kappa shape index (κ3) is 13.7. The fourth-order valence-corrected chi connectivity index (χ4v) is 8.88. The van der Waals surface area contributed by atoms with Gasteiger partial charge in [-0.15, -0.1) is 0 Å². The summed E-state index contributed by atoms with van der Waals surface area (Å²) in [6, 6.07) is 6.08. The van der Waals surface area contributed by atoms with E-state index in [1.165, 1.54) is 38.1 Å². The highest BCUT2D eigenvalue weighted by Gasteiger charge is 2.51. The summed E-state index contributed by atoms with van der Waals surface area (Å²) in [5, 5.41) is 114. The SMILES string of the molecule is C/C=C1/[C@H](O[C@@H]2O[C@H](CO)[C@@H](O)[C@H](O)[C@H]2O)OC=C(C(=O)OC)[C@H]1CC(=O)OC[C@H]1O[C@@H](OCCc2ccc(O)cc2)[C@H](OC(=O)C[C@@H]2C(C(=O)OC)=CO[C@@H](O[C@@H]3O[C@H](CO)[C@@H](O)[C@H](O)[C@H]3O)/C2=C/C)[C@@H](O)[C@@H]1O. The number of phenolic OH excluding ortho intramolecular Hbond substituents is 1. The average molecular weight is 1070 g/mol. The number of hydrogen-bond acceptors (Lipinski definition) is 27. The molecule has 0 aliphatic carbocycles. The summed E-state index contributed by atoms with van der Waals surface area (Å²) in [7, 11) is 2.14. The van der Waals surface area contributed by atoms with Gasteiger partial charge in [0.2, 0.25) is 12.6 Å². The van der Waals surface area contributed by atoms with Crippen molar-refractivity contribution < 1.29 is 132 Å². The highest BCUT2D eigenvalue weighted by atomic mass is 16.8. The number of allylic oxidation sites excluding steroid dienone is 2. The van der Waals surface area contributed by atoms with Gasteiger partial charge in [0.15, 0.2) is 25.0 Å². The third-order valence-corrected chi connectivity index (χ3v) is 13.1. The van der Waals surface area contributed by atoms with Crippen LogP contribution in [0.1, 0.15) is 32.3 Å². The van der Waals surface area contributed by atoms with Crippen molar-refractivity contribution in [2.45, 2.75) is 138 Å². The van der Waals surface area contributed by atoms with E-state index in [9.17, 15) is 75.3 Å². The molecule has 0 saturated carbocycles. The molecule has 1 aromatic carbocycles. The van der Waals surface area contributed by atoms with Crippen LogP contribution in [0, 0.1) is 11.8 Å². The van der Waals surface area contributed by atoms with Gasteiger partial charge in [-0.1, -0.05) is 24.3 Å². The molecule has 27 nitrogen and oxygen atoms in total. The number of hydrogen-bond donors (Lipinski definition) is 11. The van der Waals surface area contributed by atoms with E-state index in [4.69, 9.17) is 56.8 Å². The first-order valence-electron chi connectivity index (χ1n) is 23.7. The van der Waals surface area contributed by atoms with Crippen LogP contribution in [0.5, 0.6) is 5.75 Å². The van der Waals surface area contributed by atoms with Crippen LogP contribution in [0.2, 0.25) is 0 Å². The van der Waals surface area contributed by atoms with E-state index in [-0.39, 0.29) is 41.1 Å². The standard InChI is InChI=1S/C48H64O27/c1-5-22-24(26(42(62)64-3)17-68-44(22)74-46-39(60)36(57)33(54)28(15-49)70-46)13-31(52)67-19-30-35(56)38(59)41(48(72-30)66-12-11-20-7-9-21(51)10-8-20)73-32(53)14-25-23(6-2)45(69-18-27(25)43(63)65-4)75-47-40(61)37(58)34(55)29(16-50)71-47/h5-10,17-18,24-25,28-30,33-41,44-51,54-61H,11-16,19H2,1-4H3/b22-5+,23-6+/t24-,25-,28+,29+,30+,33+,34+,35+,36-,37-,38-,39+,40+,41+,44-,45-,46-,47-,48+/m0/s1. The van der Waals surface area contributed by atoms with Gasteiger partial charge in [-0.3, -0.25) is 9.59 Å². The first-order chi connectivity index (χ1) is 35.8. The normalized spacial score (nSPS) is 37.1. The number of methoxy groups -OCH3 is 2. The Morgan fingerprint density at radius 3 is 1.49 bits per heavy atom. The fraction of sp³-hybridized carbons (Fsp3) is 0.625. The van der Waals surface area contributed by atoms with Crippen LogP contribution in [0.15, 0.2) is 71.2 Å². The zero-order valence-electron chi connectivity index (χ0n) is 41.0. The van der Waals surface area contributed by atoms with Crippen molar-refractivity contribution in [3.8, 4) is 5.75 Å². The number of carbonyl (C=O) groups excluding carboxylic acids is 4. The smallest absolute Gasteiger partial charge is 0.337 e. The monoisotopic (exact) mass is 1070 g/mol. The molecule has 5 aliphatic rings. The lowest BCUT2D eigenvalue weighted by atomic mass is 9.86. The van der Waals surface area contributed by atoms with Crippen LogP contribution >= 0.6 is 0 Å². The summed E-state index contributed by atoms with van der Waals surface area (Å²) in [6.07, 6.45) is -25.2. The number of aliphatic hydroxyl groups excluding tert-OH is 10. The number of rotatable bonds is 19. The van der Waals surface area contributed by atoms with Crippen LogP contribution in [0.3, 0.4) is 0 Å². The highest BCUT2D eigenvalue weighted by Crippen LogP contribution is 2.39. The molecule has 0 bridgehead atoms. The van der Waals surface area contributed by atoms with E-state index in [1.54, 1.807) is 12.1 Å². The molecular weight excluding hydrogens is 1010 g/mol. The predicted octanol–water partition coefficient (Wildman–Crippen LogP) is -3.78. The lowest BCUT2D eigenvalue weighted by Gasteiger charge is -2.42. The Morgan fingerprint density at radius 2 is 1.04 bits per heavy atom. The molecule has 27 heteroatoms. The van der Waals surface area contributed by atoms with Gasteiger partial charge in [-0.25, -0.2) is 9.59 Å². The topological polar surface area (TPSA) is 402 Å². The Balaban J connectivity index is 1.17. The third-order valence-electron chi connectivity index (χ3n) is 13.1. The minimum Gasteiger partial charge on any atom is -0.508 e. The van der Waals surface area contributed by atoms with Crippen LogP contribution in [-0.2, 0) is 82.4 Å². The summed E-state index contributed by atoms with van der Waals surface area (Å²) in [4.78, 5) is 53.6. The summed E-state index contributed by atoms with van der Waals surface area (Å²) in [6.45, 7) is 0.552. The van der Waals surface area contributed by atoms with Crippen LogP contribution < -0.4 is 0 Å². The highest BCUT2D eigenvalue weighted by molar-refractivity contribution is 5.91. The molecule has 0 aromatic heterocycles. The van der Waals surface area contributed by atoms with Gasteiger partial charge < -0.3 is 113 Å². The minimum atomic E-state index is -2.00. The second-order valence-corrected chi connectivity index (χ2v) is 17.8. The molecule has 1 aromatic rings. The minimum absolute atomic E-state index is 0.00290. The Kier molecular flexibility index (Phi) is 21.1. The Morgan fingerprint density at radius 1 is 0.587 bits per heavy atom. The van der Waals surface area contributed by atoms with Crippen molar-refractivity contribution in [2.75, 3.05) is 40.6 Å². The lowest BCUT2D eigenvalue weighted by molar-refractivity contribution is -0.327. The zero-order valence-corrected chi connectivity index (χ0v) is 41.0. The summed E-state index contributed by atoms with van der Waals surface area (Å²) < 4.78 is 66.8. The van der Waals surface area contributed by atoms with Crippen LogP contribution in [0.25, 0.3) is 0 Å². The van der Waals surface area contributed by atoms with E-state index in [0.29, 0.717) is 5.56 Å². The number of ether oxygens (including phenoxy) is 12. The molecule has 75 heavy (non-hydrogen) atoms. The quantitative estimate of drug-likeness (QED) is 0.0360. The van der Waals surface area contributed by atoms with Gasteiger partial charge in [0.1, 0.15) is 79.5 Å². The van der Waals surface area contributed by atoms with Crippen molar-refractivity contribution in [1.29, 1.82) is 0 Å². The number of aliphatic hydroxyl groups is 10. The Labute approximate surface area is 428 Å². The Bertz CT molecular complexity index is 2230. The molecule has 11 N–H and O–H groups in total. The van der Waals surface area contributed by atoms with Gasteiger partial charge in [-0.05, 0) is 38.0 Å². The molecule has 3 fully saturated rings. The molecule has 0 radical (unpaired) electrons. The number of esters is 4. The van der Waals surface area contributed by atoms with Crippen molar-refractivity contribution >= 4 is 23.9 Å². The molecule has 5 aliphatic heterocycles. The molecule has 0 unspecified atom stereocenters. The maximum atomic E-state index is 14.0. The fourth-order valence-electron chi connectivity index (χ4n) is 8.88. The molecule has 0 amide bonds. The maximum Gasteiger partial charge on any atom is 0.337 e. The lowest BCUT2D eigenvalue weighted by Crippen LogP contribution is -2.61. The number of phenols is 1.